The van der Waals surface area contributed by atoms with E-state index < -0.39 is 0 Å². The summed E-state index contributed by atoms with van der Waals surface area (Å²) in [6.45, 7) is 1.99. The minimum Gasteiger partial charge on any atom is -0.350 e. The molecule has 1 aromatic carbocycles. The number of imidazole rings is 1. The van der Waals surface area contributed by atoms with E-state index in [1.54, 1.807) is 6.20 Å². The summed E-state index contributed by atoms with van der Waals surface area (Å²) in [4.78, 5) is 33.1. The lowest BCUT2D eigenvalue weighted by molar-refractivity contribution is -0.160. The monoisotopic (exact) mass is 446 g/mol. The van der Waals surface area contributed by atoms with E-state index in [2.05, 4.69) is 22.4 Å². The van der Waals surface area contributed by atoms with Gasteiger partial charge in [0.1, 0.15) is 6.04 Å². The van der Waals surface area contributed by atoms with Gasteiger partial charge >= 0.3 is 0 Å². The normalized spacial score (nSPS) is 32.3. The largest absolute Gasteiger partial charge is 0.350 e. The molecule has 1 aromatic heterocycles. The summed E-state index contributed by atoms with van der Waals surface area (Å²) in [6.07, 6.45) is 14.4. The smallest absolute Gasteiger partial charge is 0.243 e. The minimum absolute atomic E-state index is 0.00518. The Hall–Kier alpha value is -2.63. The topological polar surface area (TPSA) is 67.2 Å². The Balaban J connectivity index is 1.10. The van der Waals surface area contributed by atoms with Crippen LogP contribution in [-0.4, -0.2) is 38.9 Å². The van der Waals surface area contributed by atoms with Crippen LogP contribution in [0.25, 0.3) is 0 Å². The Morgan fingerprint density at radius 3 is 2.48 bits per heavy atom. The van der Waals surface area contributed by atoms with Crippen molar-refractivity contribution in [2.45, 2.75) is 70.5 Å². The zero-order valence-electron chi connectivity index (χ0n) is 19.3. The SMILES string of the molecule is O=C(NCc1cccc(Cn2ccnc2)c1)C1CCCN1C(=O)C12CC3CC(CC(C3)C1)C2. The molecule has 5 fully saturated rings. The first kappa shape index (κ1) is 20.9. The van der Waals surface area contributed by atoms with E-state index in [4.69, 9.17) is 0 Å². The van der Waals surface area contributed by atoms with Gasteiger partial charge in [0, 0.05) is 32.0 Å². The molecule has 1 saturated heterocycles. The second kappa shape index (κ2) is 8.30. The third-order valence-electron chi connectivity index (χ3n) is 8.69. The lowest BCUT2D eigenvalue weighted by Gasteiger charge is -2.56. The van der Waals surface area contributed by atoms with Crippen LogP contribution < -0.4 is 5.32 Å². The van der Waals surface area contributed by atoms with Crippen molar-refractivity contribution in [1.29, 1.82) is 0 Å². The van der Waals surface area contributed by atoms with Crippen molar-refractivity contribution in [2.24, 2.45) is 23.2 Å². The lowest BCUT2D eigenvalue weighted by Crippen LogP contribution is -2.57. The lowest BCUT2D eigenvalue weighted by atomic mass is 9.49. The highest BCUT2D eigenvalue weighted by Crippen LogP contribution is 2.60. The fraction of sp³-hybridized carbons (Fsp3) is 0.593. The van der Waals surface area contributed by atoms with Crippen molar-refractivity contribution < 1.29 is 9.59 Å². The maximum absolute atomic E-state index is 13.8. The molecule has 6 nitrogen and oxygen atoms in total. The first-order valence-corrected chi connectivity index (χ1v) is 12.7. The highest BCUT2D eigenvalue weighted by atomic mass is 16.2. The molecule has 5 aliphatic rings. The number of carbonyl (C=O) groups is 2. The summed E-state index contributed by atoms with van der Waals surface area (Å²) < 4.78 is 2.03. The van der Waals surface area contributed by atoms with E-state index in [0.29, 0.717) is 12.5 Å². The first-order chi connectivity index (χ1) is 16.1. The van der Waals surface area contributed by atoms with Crippen LogP contribution in [0.2, 0.25) is 0 Å². The number of carbonyl (C=O) groups excluding carboxylic acids is 2. The van der Waals surface area contributed by atoms with E-state index in [9.17, 15) is 9.59 Å². The summed E-state index contributed by atoms with van der Waals surface area (Å²) in [7, 11) is 0. The van der Waals surface area contributed by atoms with Gasteiger partial charge in [0.05, 0.1) is 11.7 Å². The van der Waals surface area contributed by atoms with Crippen LogP contribution in [0.5, 0.6) is 0 Å². The molecule has 0 spiro atoms. The Labute approximate surface area is 195 Å². The molecule has 2 heterocycles. The molecule has 33 heavy (non-hydrogen) atoms. The van der Waals surface area contributed by atoms with E-state index in [0.717, 1.165) is 68.5 Å². The maximum Gasteiger partial charge on any atom is 0.243 e. The average Bonchev–Trinajstić information content (AvgIpc) is 3.48. The molecule has 2 aromatic rings. The molecule has 0 radical (unpaired) electrons. The van der Waals surface area contributed by atoms with Crippen molar-refractivity contribution in [1.82, 2.24) is 19.8 Å². The van der Waals surface area contributed by atoms with Gasteiger partial charge in [-0.3, -0.25) is 9.59 Å². The Bertz CT molecular complexity index is 995. The van der Waals surface area contributed by atoms with Gasteiger partial charge < -0.3 is 14.8 Å². The highest BCUT2D eigenvalue weighted by molar-refractivity contribution is 5.91. The van der Waals surface area contributed by atoms with Crippen LogP contribution in [0.3, 0.4) is 0 Å². The quantitative estimate of drug-likeness (QED) is 0.735. The standard InChI is InChI=1S/C27H34N4O2/c32-25(29-16-19-3-1-4-20(9-19)17-30-8-6-28-18-30)24-5-2-7-31(24)26(33)27-13-21-10-22(14-27)12-23(11-21)15-27/h1,3-4,6,8-9,18,21-24H,2,5,7,10-17H2,(H,29,32). The molecule has 1 unspecified atom stereocenters. The summed E-state index contributed by atoms with van der Waals surface area (Å²) >= 11 is 0. The number of nitrogens with one attached hydrogen (secondary N) is 1. The molecule has 4 aliphatic carbocycles. The number of aromatic nitrogens is 2. The number of rotatable bonds is 6. The predicted molar refractivity (Wildman–Crippen MR) is 125 cm³/mol. The van der Waals surface area contributed by atoms with Gasteiger partial charge in [0.25, 0.3) is 0 Å². The Morgan fingerprint density at radius 1 is 1.06 bits per heavy atom. The third-order valence-corrected chi connectivity index (χ3v) is 8.69. The van der Waals surface area contributed by atoms with Gasteiger partial charge in [-0.15, -0.1) is 0 Å². The van der Waals surface area contributed by atoms with Crippen molar-refractivity contribution >= 4 is 11.8 Å². The van der Waals surface area contributed by atoms with Crippen molar-refractivity contribution in [3.63, 3.8) is 0 Å². The molecule has 6 heteroatoms. The van der Waals surface area contributed by atoms with Crippen molar-refractivity contribution in [3.05, 3.63) is 54.1 Å². The third kappa shape index (κ3) is 3.98. The number of amides is 2. The number of likely N-dealkylation sites (tertiary alicyclic amines) is 1. The van der Waals surface area contributed by atoms with Crippen molar-refractivity contribution in [2.75, 3.05) is 6.54 Å². The van der Waals surface area contributed by atoms with Crippen LogP contribution in [0.1, 0.15) is 62.5 Å². The second-order valence-corrected chi connectivity index (χ2v) is 11.1. The summed E-state index contributed by atoms with van der Waals surface area (Å²) in [5.41, 5.74) is 2.09. The molecular formula is C27H34N4O2. The zero-order chi connectivity index (χ0) is 22.4. The van der Waals surface area contributed by atoms with E-state index >= 15 is 0 Å². The number of benzene rings is 1. The summed E-state index contributed by atoms with van der Waals surface area (Å²) in [5, 5.41) is 3.13. The molecule has 7 rings (SSSR count). The van der Waals surface area contributed by atoms with Gasteiger partial charge in [-0.1, -0.05) is 24.3 Å². The molecule has 1 atom stereocenters. The van der Waals surface area contributed by atoms with Crippen molar-refractivity contribution in [3.8, 4) is 0 Å². The van der Waals surface area contributed by atoms with Gasteiger partial charge in [-0.05, 0) is 80.2 Å². The number of hydrogen-bond acceptors (Lipinski definition) is 3. The molecule has 1 aliphatic heterocycles. The molecule has 1 N–H and O–H groups in total. The van der Waals surface area contributed by atoms with Crippen LogP contribution in [0.4, 0.5) is 0 Å². The molecule has 2 amide bonds. The molecular weight excluding hydrogens is 412 g/mol. The highest BCUT2D eigenvalue weighted by Gasteiger charge is 2.56. The van der Waals surface area contributed by atoms with Gasteiger partial charge in [-0.25, -0.2) is 4.98 Å². The van der Waals surface area contributed by atoms with E-state index in [1.165, 1.54) is 24.8 Å². The first-order valence-electron chi connectivity index (χ1n) is 12.7. The molecule has 4 bridgehead atoms. The second-order valence-electron chi connectivity index (χ2n) is 11.1. The van der Waals surface area contributed by atoms with Crippen LogP contribution in [0.15, 0.2) is 43.0 Å². The van der Waals surface area contributed by atoms with Gasteiger partial charge in [0.2, 0.25) is 11.8 Å². The van der Waals surface area contributed by atoms with Crippen LogP contribution in [-0.2, 0) is 22.7 Å². The minimum atomic E-state index is -0.306. The maximum atomic E-state index is 13.8. The van der Waals surface area contributed by atoms with Crippen LogP contribution in [0, 0.1) is 23.2 Å². The Morgan fingerprint density at radius 2 is 1.79 bits per heavy atom. The Kier molecular flexibility index (Phi) is 5.27. The number of hydrogen-bond donors (Lipinski definition) is 1. The fourth-order valence-corrected chi connectivity index (χ4v) is 7.70. The molecule has 174 valence electrons. The van der Waals surface area contributed by atoms with E-state index in [1.807, 2.05) is 34.1 Å². The predicted octanol–water partition coefficient (Wildman–Crippen LogP) is 3.76. The van der Waals surface area contributed by atoms with Crippen LogP contribution >= 0.6 is 0 Å². The zero-order valence-corrected chi connectivity index (χ0v) is 19.3. The molecule has 4 saturated carbocycles. The fourth-order valence-electron chi connectivity index (χ4n) is 7.70. The average molecular weight is 447 g/mol. The van der Waals surface area contributed by atoms with E-state index in [-0.39, 0.29) is 17.4 Å². The summed E-state index contributed by atoms with van der Waals surface area (Å²) in [5.74, 6) is 2.52. The summed E-state index contributed by atoms with van der Waals surface area (Å²) in [6, 6.07) is 8.00. The number of nitrogens with zero attached hydrogens (tertiary/aromatic N) is 3. The van der Waals surface area contributed by atoms with Gasteiger partial charge in [0.15, 0.2) is 0 Å². The van der Waals surface area contributed by atoms with Gasteiger partial charge in [-0.2, -0.15) is 0 Å².